The summed E-state index contributed by atoms with van der Waals surface area (Å²) in [5.41, 5.74) is 3.04. The molecule has 33 heavy (non-hydrogen) atoms. The monoisotopic (exact) mass is 448 g/mol. The van der Waals surface area contributed by atoms with Gasteiger partial charge in [0.1, 0.15) is 5.65 Å². The predicted octanol–water partition coefficient (Wildman–Crippen LogP) is 3.91. The summed E-state index contributed by atoms with van der Waals surface area (Å²) in [6.45, 7) is 0. The highest BCUT2D eigenvalue weighted by Gasteiger charge is 2.15. The van der Waals surface area contributed by atoms with E-state index in [1.54, 1.807) is 39.7 Å². The maximum Gasteiger partial charge on any atom is 0.310 e. The van der Waals surface area contributed by atoms with Gasteiger partial charge in [-0.2, -0.15) is 4.98 Å². The lowest BCUT2D eigenvalue weighted by Gasteiger charge is -2.15. The summed E-state index contributed by atoms with van der Waals surface area (Å²) in [7, 11) is 6.05. The molecule has 0 radical (unpaired) electrons. The van der Waals surface area contributed by atoms with Gasteiger partial charge in [0.05, 0.1) is 40.5 Å². The smallest absolute Gasteiger partial charge is 0.310 e. The van der Waals surface area contributed by atoms with Crippen LogP contribution in [0.25, 0.3) is 16.7 Å². The number of fused-ring (bicyclic) bond motifs is 1. The van der Waals surface area contributed by atoms with Gasteiger partial charge in [-0.1, -0.05) is 18.2 Å². The van der Waals surface area contributed by atoms with E-state index < -0.39 is 0 Å². The van der Waals surface area contributed by atoms with Crippen molar-refractivity contribution in [1.82, 2.24) is 14.5 Å². The molecule has 0 atom stereocenters. The van der Waals surface area contributed by atoms with Crippen molar-refractivity contribution in [2.75, 3.05) is 33.8 Å². The highest BCUT2D eigenvalue weighted by atomic mass is 16.5. The number of carbonyl (C=O) groups is 1. The number of carbonyl (C=O) groups excluding carboxylic acids is 1. The van der Waals surface area contributed by atoms with Gasteiger partial charge in [-0.3, -0.25) is 4.79 Å². The Morgan fingerprint density at radius 3 is 2.39 bits per heavy atom. The minimum absolute atomic E-state index is 0.161. The van der Waals surface area contributed by atoms with Crippen molar-refractivity contribution in [2.45, 2.75) is 6.42 Å². The largest absolute Gasteiger partial charge is 0.493 e. The molecule has 0 aliphatic heterocycles. The lowest BCUT2D eigenvalue weighted by molar-refractivity contribution is -0.139. The number of anilines is 2. The van der Waals surface area contributed by atoms with Gasteiger partial charge in [0.15, 0.2) is 11.5 Å². The third-order valence-electron chi connectivity index (χ3n) is 5.16. The fourth-order valence-electron chi connectivity index (χ4n) is 3.58. The van der Waals surface area contributed by atoms with Crippen molar-refractivity contribution in [3.8, 4) is 22.9 Å². The van der Waals surface area contributed by atoms with E-state index in [1.165, 1.54) is 7.11 Å². The van der Waals surface area contributed by atoms with Crippen LogP contribution < -0.4 is 19.5 Å². The topological polar surface area (TPSA) is 96.7 Å². The van der Waals surface area contributed by atoms with Crippen LogP contribution >= 0.6 is 0 Å². The number of hydrogen-bond donors (Lipinski definition) is 1. The quantitative estimate of drug-likeness (QED) is 0.406. The molecule has 0 spiro atoms. The summed E-state index contributed by atoms with van der Waals surface area (Å²) >= 11 is 0. The van der Waals surface area contributed by atoms with Gasteiger partial charge in [-0.05, 0) is 17.7 Å². The number of esters is 1. The van der Waals surface area contributed by atoms with Gasteiger partial charge in [0.2, 0.25) is 11.7 Å². The van der Waals surface area contributed by atoms with Crippen molar-refractivity contribution >= 4 is 28.6 Å². The minimum atomic E-state index is -0.307. The van der Waals surface area contributed by atoms with E-state index in [-0.39, 0.29) is 12.4 Å². The second-order valence-corrected chi connectivity index (χ2v) is 7.08. The first-order chi connectivity index (χ1) is 16.1. The zero-order valence-corrected chi connectivity index (χ0v) is 18.8. The van der Waals surface area contributed by atoms with Crippen molar-refractivity contribution in [2.24, 2.45) is 0 Å². The van der Waals surface area contributed by atoms with Crippen LogP contribution in [0.2, 0.25) is 0 Å². The van der Waals surface area contributed by atoms with E-state index in [9.17, 15) is 4.79 Å². The van der Waals surface area contributed by atoms with Gasteiger partial charge in [0.25, 0.3) is 0 Å². The van der Waals surface area contributed by atoms with Crippen LogP contribution in [0.4, 0.5) is 11.6 Å². The summed E-state index contributed by atoms with van der Waals surface area (Å²) < 4.78 is 23.0. The number of ether oxygens (including phenoxy) is 4. The van der Waals surface area contributed by atoms with Crippen LogP contribution in [-0.2, 0) is 16.0 Å². The third-order valence-corrected chi connectivity index (χ3v) is 5.16. The number of rotatable bonds is 8. The van der Waals surface area contributed by atoms with Crippen LogP contribution in [0.1, 0.15) is 5.56 Å². The van der Waals surface area contributed by atoms with Gasteiger partial charge < -0.3 is 28.8 Å². The molecule has 170 valence electrons. The predicted molar refractivity (Wildman–Crippen MR) is 124 cm³/mol. The molecule has 1 N–H and O–H groups in total. The average Bonchev–Trinajstić information content (AvgIpc) is 3.26. The molecule has 0 bridgehead atoms. The first kappa shape index (κ1) is 21.9. The SMILES string of the molecule is COC(=O)Cc1ccccc1-n1ccc2cnc(Nc3cc(OC)c(OC)c(OC)c3)nc21. The zero-order valence-electron chi connectivity index (χ0n) is 18.8. The Bertz CT molecular complexity index is 1280. The number of aromatic nitrogens is 3. The van der Waals surface area contributed by atoms with Crippen LogP contribution in [0.15, 0.2) is 54.9 Å². The molecule has 2 aromatic carbocycles. The molecule has 0 saturated heterocycles. The highest BCUT2D eigenvalue weighted by Crippen LogP contribution is 2.40. The molecule has 9 heteroatoms. The summed E-state index contributed by atoms with van der Waals surface area (Å²) in [5.74, 6) is 1.61. The Hall–Kier alpha value is -4.27. The van der Waals surface area contributed by atoms with E-state index in [4.69, 9.17) is 23.9 Å². The lowest BCUT2D eigenvalue weighted by atomic mass is 10.1. The Labute approximate surface area is 190 Å². The standard InChI is InChI=1S/C24H24N4O5/c1-30-19-12-17(13-20(31-2)22(19)33-4)26-24-25-14-16-9-10-28(23(16)27-24)18-8-6-5-7-15(18)11-21(29)32-3/h5-10,12-14H,11H2,1-4H3,(H,25,26,27). The summed E-state index contributed by atoms with van der Waals surface area (Å²) in [5, 5.41) is 4.06. The molecule has 0 saturated carbocycles. The lowest BCUT2D eigenvalue weighted by Crippen LogP contribution is -2.08. The fourth-order valence-corrected chi connectivity index (χ4v) is 3.58. The summed E-state index contributed by atoms with van der Waals surface area (Å²) in [6, 6.07) is 13.1. The van der Waals surface area contributed by atoms with Gasteiger partial charge >= 0.3 is 5.97 Å². The Balaban J connectivity index is 1.73. The highest BCUT2D eigenvalue weighted by molar-refractivity contribution is 5.80. The third kappa shape index (κ3) is 4.38. The molecule has 2 aromatic heterocycles. The maximum atomic E-state index is 11.9. The maximum absolute atomic E-state index is 11.9. The molecule has 4 rings (SSSR count). The van der Waals surface area contributed by atoms with Crippen LogP contribution in [0, 0.1) is 0 Å². The molecule has 0 fully saturated rings. The number of hydrogen-bond acceptors (Lipinski definition) is 8. The van der Waals surface area contributed by atoms with Crippen LogP contribution in [-0.4, -0.2) is 48.9 Å². The van der Waals surface area contributed by atoms with Crippen LogP contribution in [0.3, 0.4) is 0 Å². The number of nitrogens with one attached hydrogen (secondary N) is 1. The molecule has 4 aromatic rings. The van der Waals surface area contributed by atoms with Crippen molar-refractivity contribution < 1.29 is 23.7 Å². The van der Waals surface area contributed by atoms with E-state index in [2.05, 4.69) is 10.3 Å². The second-order valence-electron chi connectivity index (χ2n) is 7.08. The molecule has 0 aliphatic rings. The molecule has 9 nitrogen and oxygen atoms in total. The molecule has 0 unspecified atom stereocenters. The Morgan fingerprint density at radius 1 is 1.00 bits per heavy atom. The zero-order chi connectivity index (χ0) is 23.4. The van der Waals surface area contributed by atoms with E-state index in [1.807, 2.05) is 41.1 Å². The van der Waals surface area contributed by atoms with Gasteiger partial charge in [-0.15, -0.1) is 0 Å². The van der Waals surface area contributed by atoms with E-state index in [0.717, 1.165) is 16.6 Å². The number of nitrogens with zero attached hydrogens (tertiary/aromatic N) is 3. The van der Waals surface area contributed by atoms with E-state index in [0.29, 0.717) is 34.5 Å². The Morgan fingerprint density at radius 2 is 1.73 bits per heavy atom. The Kier molecular flexibility index (Phi) is 6.30. The molecule has 2 heterocycles. The summed E-state index contributed by atoms with van der Waals surface area (Å²) in [4.78, 5) is 21.0. The minimum Gasteiger partial charge on any atom is -0.493 e. The van der Waals surface area contributed by atoms with Crippen molar-refractivity contribution in [1.29, 1.82) is 0 Å². The molecular weight excluding hydrogens is 424 g/mol. The fraction of sp³-hybridized carbons (Fsp3) is 0.208. The number of methoxy groups -OCH3 is 4. The van der Waals surface area contributed by atoms with Gasteiger partial charge in [-0.25, -0.2) is 4.98 Å². The second kappa shape index (κ2) is 9.47. The first-order valence-corrected chi connectivity index (χ1v) is 10.1. The van der Waals surface area contributed by atoms with E-state index >= 15 is 0 Å². The first-order valence-electron chi connectivity index (χ1n) is 10.1. The molecular formula is C24H24N4O5. The van der Waals surface area contributed by atoms with Crippen molar-refractivity contribution in [3.63, 3.8) is 0 Å². The molecule has 0 aliphatic carbocycles. The normalized spacial score (nSPS) is 10.7. The average molecular weight is 448 g/mol. The van der Waals surface area contributed by atoms with Gasteiger partial charge in [0, 0.05) is 35.6 Å². The molecule has 0 amide bonds. The van der Waals surface area contributed by atoms with Crippen LogP contribution in [0.5, 0.6) is 17.2 Å². The number of para-hydroxylation sites is 1. The summed E-state index contributed by atoms with van der Waals surface area (Å²) in [6.07, 6.45) is 3.80. The van der Waals surface area contributed by atoms with Crippen molar-refractivity contribution in [3.05, 3.63) is 60.4 Å². The number of benzene rings is 2.